The predicted octanol–water partition coefficient (Wildman–Crippen LogP) is 4.61. The fraction of sp³-hybridized carbons (Fsp3) is 0.318. The van der Waals surface area contributed by atoms with Crippen LogP contribution in [0.5, 0.6) is 0 Å². The van der Waals surface area contributed by atoms with E-state index in [1.807, 2.05) is 24.3 Å². The first kappa shape index (κ1) is 23.2. The summed E-state index contributed by atoms with van der Waals surface area (Å²) in [6.07, 6.45) is 4.58. The monoisotopic (exact) mass is 435 g/mol. The number of furan rings is 1. The Morgan fingerprint density at radius 3 is 2.66 bits per heavy atom. The Kier molecular flexibility index (Phi) is 8.53. The molecule has 0 bridgehead atoms. The van der Waals surface area contributed by atoms with E-state index in [0.717, 1.165) is 54.4 Å². The maximum absolute atomic E-state index is 7.94. The first-order chi connectivity index (χ1) is 13.2. The number of benzene rings is 2. The summed E-state index contributed by atoms with van der Waals surface area (Å²) in [6.45, 7) is 1.91. The first-order valence-electron chi connectivity index (χ1n) is 9.47. The quantitative estimate of drug-likeness (QED) is 0.373. The zero-order chi connectivity index (χ0) is 18.6. The van der Waals surface area contributed by atoms with Gasteiger partial charge in [-0.2, -0.15) is 0 Å². The molecule has 1 saturated heterocycles. The molecule has 4 rings (SSSR count). The minimum absolute atomic E-state index is 0. The number of nitrogen functional groups attached to an aromatic ring is 1. The van der Waals surface area contributed by atoms with Crippen LogP contribution in [0, 0.1) is 5.41 Å². The molecule has 5 nitrogen and oxygen atoms in total. The third-order valence-electron chi connectivity index (χ3n) is 5.24. The summed E-state index contributed by atoms with van der Waals surface area (Å²) in [7, 11) is 0. The molecule has 0 amide bonds. The van der Waals surface area contributed by atoms with Gasteiger partial charge in [0.25, 0.3) is 0 Å². The second-order valence-corrected chi connectivity index (χ2v) is 7.03. The van der Waals surface area contributed by atoms with E-state index in [2.05, 4.69) is 29.6 Å². The van der Waals surface area contributed by atoms with Crippen molar-refractivity contribution in [1.82, 2.24) is 5.32 Å². The van der Waals surface area contributed by atoms with Crippen molar-refractivity contribution < 1.29 is 9.15 Å². The standard InChI is InChI=1S/C22H25N3O2.2ClH/c23-22(24)19-7-9-21-18(11-13-26-21)17(19)6-8-20(15-4-2-1-3-5-15)27-16-10-12-25-14-16;;/h1-5,7,9,11,13,16,20,25H,6,8,10,12,14H2,(H3,23,24);2*1H/t16-,20?;;/m0../s1. The Morgan fingerprint density at radius 2 is 1.97 bits per heavy atom. The molecule has 1 aromatic heterocycles. The molecule has 7 heteroatoms. The highest BCUT2D eigenvalue weighted by Crippen LogP contribution is 2.30. The number of amidine groups is 1. The van der Waals surface area contributed by atoms with Crippen LogP contribution < -0.4 is 11.1 Å². The fourth-order valence-corrected chi connectivity index (χ4v) is 3.86. The van der Waals surface area contributed by atoms with Gasteiger partial charge in [0.05, 0.1) is 18.5 Å². The molecule has 0 saturated carbocycles. The van der Waals surface area contributed by atoms with Gasteiger partial charge in [0.1, 0.15) is 11.4 Å². The predicted molar refractivity (Wildman–Crippen MR) is 122 cm³/mol. The van der Waals surface area contributed by atoms with Crippen molar-refractivity contribution in [3.05, 3.63) is 71.5 Å². The Morgan fingerprint density at radius 1 is 1.17 bits per heavy atom. The van der Waals surface area contributed by atoms with E-state index < -0.39 is 0 Å². The molecule has 0 spiro atoms. The number of halogens is 2. The van der Waals surface area contributed by atoms with Crippen LogP contribution in [-0.2, 0) is 11.2 Å². The third kappa shape index (κ3) is 5.31. The number of ether oxygens (including phenoxy) is 1. The maximum Gasteiger partial charge on any atom is 0.134 e. The highest BCUT2D eigenvalue weighted by molar-refractivity contribution is 6.01. The summed E-state index contributed by atoms with van der Waals surface area (Å²) < 4.78 is 12.0. The van der Waals surface area contributed by atoms with E-state index in [1.165, 1.54) is 5.56 Å². The van der Waals surface area contributed by atoms with Crippen molar-refractivity contribution in [3.63, 3.8) is 0 Å². The second-order valence-electron chi connectivity index (χ2n) is 7.03. The summed E-state index contributed by atoms with van der Waals surface area (Å²) in [5.74, 6) is 0.0882. The van der Waals surface area contributed by atoms with Crippen molar-refractivity contribution >= 4 is 41.6 Å². The molecule has 29 heavy (non-hydrogen) atoms. The molecule has 2 aromatic carbocycles. The average Bonchev–Trinajstić information content (AvgIpc) is 3.37. The highest BCUT2D eigenvalue weighted by atomic mass is 35.5. The maximum atomic E-state index is 7.94. The molecule has 1 aliphatic rings. The topological polar surface area (TPSA) is 84.3 Å². The lowest BCUT2D eigenvalue weighted by molar-refractivity contribution is -0.00688. The van der Waals surface area contributed by atoms with Gasteiger partial charge >= 0.3 is 0 Å². The summed E-state index contributed by atoms with van der Waals surface area (Å²) in [5, 5.41) is 12.3. The SMILES string of the molecule is Cl.Cl.N=C(N)c1ccc2occc2c1CCC(O[C@H]1CCNC1)c1ccccc1. The van der Waals surface area contributed by atoms with Gasteiger partial charge in [0.15, 0.2) is 0 Å². The Bertz CT molecular complexity index is 924. The molecular weight excluding hydrogens is 409 g/mol. The van der Waals surface area contributed by atoms with Crippen LogP contribution >= 0.6 is 24.8 Å². The number of nitrogens with one attached hydrogen (secondary N) is 2. The molecule has 0 aliphatic carbocycles. The van der Waals surface area contributed by atoms with Gasteiger partial charge in [-0.1, -0.05) is 30.3 Å². The van der Waals surface area contributed by atoms with Gasteiger partial charge in [-0.3, -0.25) is 5.41 Å². The number of fused-ring (bicyclic) bond motifs is 1. The van der Waals surface area contributed by atoms with E-state index in [-0.39, 0.29) is 42.9 Å². The number of hydrogen-bond donors (Lipinski definition) is 3. The van der Waals surface area contributed by atoms with Crippen LogP contribution in [0.2, 0.25) is 0 Å². The lowest BCUT2D eigenvalue weighted by atomic mass is 9.94. The molecule has 156 valence electrons. The molecule has 1 unspecified atom stereocenters. The smallest absolute Gasteiger partial charge is 0.134 e. The van der Waals surface area contributed by atoms with E-state index in [4.69, 9.17) is 20.3 Å². The Labute approximate surface area is 183 Å². The van der Waals surface area contributed by atoms with E-state index in [9.17, 15) is 0 Å². The van der Waals surface area contributed by atoms with Crippen LogP contribution in [0.15, 0.2) is 59.2 Å². The van der Waals surface area contributed by atoms with Crippen molar-refractivity contribution in [2.45, 2.75) is 31.5 Å². The van der Waals surface area contributed by atoms with Crippen molar-refractivity contribution in [1.29, 1.82) is 5.41 Å². The highest BCUT2D eigenvalue weighted by Gasteiger charge is 2.22. The number of nitrogens with two attached hydrogens (primary N) is 1. The zero-order valence-electron chi connectivity index (χ0n) is 16.1. The van der Waals surface area contributed by atoms with E-state index in [0.29, 0.717) is 0 Å². The van der Waals surface area contributed by atoms with Crippen molar-refractivity contribution in [2.75, 3.05) is 13.1 Å². The van der Waals surface area contributed by atoms with Crippen LogP contribution in [0.3, 0.4) is 0 Å². The molecule has 3 aromatic rings. The van der Waals surface area contributed by atoms with Gasteiger partial charge in [-0.15, -0.1) is 24.8 Å². The van der Waals surface area contributed by atoms with Gasteiger partial charge < -0.3 is 20.2 Å². The van der Waals surface area contributed by atoms with Crippen LogP contribution in [0.1, 0.15) is 35.6 Å². The molecule has 1 fully saturated rings. The van der Waals surface area contributed by atoms with Gasteiger partial charge in [0.2, 0.25) is 0 Å². The fourth-order valence-electron chi connectivity index (χ4n) is 3.86. The minimum Gasteiger partial charge on any atom is -0.464 e. The summed E-state index contributed by atoms with van der Waals surface area (Å²) in [4.78, 5) is 0. The molecule has 0 radical (unpaired) electrons. The van der Waals surface area contributed by atoms with Crippen molar-refractivity contribution in [2.24, 2.45) is 5.73 Å². The van der Waals surface area contributed by atoms with Crippen molar-refractivity contribution in [3.8, 4) is 0 Å². The second kappa shape index (κ2) is 10.6. The summed E-state index contributed by atoms with van der Waals surface area (Å²) in [6, 6.07) is 16.1. The molecule has 2 heterocycles. The van der Waals surface area contributed by atoms with Crippen LogP contribution in [-0.4, -0.2) is 25.0 Å². The van der Waals surface area contributed by atoms with E-state index in [1.54, 1.807) is 6.26 Å². The first-order valence-corrected chi connectivity index (χ1v) is 9.47. The zero-order valence-corrected chi connectivity index (χ0v) is 17.7. The molecule has 2 atom stereocenters. The number of rotatable bonds is 7. The average molecular weight is 436 g/mol. The Balaban J connectivity index is 0.00000150. The normalized spacial score (nSPS) is 16.8. The summed E-state index contributed by atoms with van der Waals surface area (Å²) in [5.41, 5.74) is 9.69. The van der Waals surface area contributed by atoms with E-state index >= 15 is 0 Å². The summed E-state index contributed by atoms with van der Waals surface area (Å²) >= 11 is 0. The largest absolute Gasteiger partial charge is 0.464 e. The molecule has 4 N–H and O–H groups in total. The molecule has 1 aliphatic heterocycles. The Hall–Kier alpha value is -2.05. The number of aryl methyl sites for hydroxylation is 1. The van der Waals surface area contributed by atoms with Gasteiger partial charge in [-0.25, -0.2) is 0 Å². The van der Waals surface area contributed by atoms with Crippen LogP contribution in [0.25, 0.3) is 11.0 Å². The van der Waals surface area contributed by atoms with Crippen LogP contribution in [0.4, 0.5) is 0 Å². The van der Waals surface area contributed by atoms with Gasteiger partial charge in [-0.05, 0) is 55.1 Å². The minimum atomic E-state index is 0. The van der Waals surface area contributed by atoms with Gasteiger partial charge in [0, 0.05) is 17.5 Å². The lowest BCUT2D eigenvalue weighted by Crippen LogP contribution is -2.21. The number of hydrogen-bond acceptors (Lipinski definition) is 4. The lowest BCUT2D eigenvalue weighted by Gasteiger charge is -2.23. The third-order valence-corrected chi connectivity index (χ3v) is 5.24. The molecular formula is C22H27Cl2N3O2.